The minimum absolute atomic E-state index is 0.699. The topological polar surface area (TPSA) is 21.7 Å². The highest BCUT2D eigenvalue weighted by Gasteiger charge is 2.43. The lowest BCUT2D eigenvalue weighted by Gasteiger charge is -2.35. The molecule has 3 nitrogen and oxygen atoms in total. The van der Waals surface area contributed by atoms with Gasteiger partial charge < -0.3 is 13.8 Å². The maximum absolute atomic E-state index is 6.47. The molecule has 0 aromatic heterocycles. The molecule has 4 heteroatoms. The predicted octanol–water partition coefficient (Wildman–Crippen LogP) is 1.84. The molecule has 1 fully saturated rings. The van der Waals surface area contributed by atoms with Gasteiger partial charge in [-0.15, -0.1) is 0 Å². The number of hydrogen-bond donors (Lipinski definition) is 0. The molecule has 1 aliphatic rings. The third-order valence-electron chi connectivity index (χ3n) is 4.42. The van der Waals surface area contributed by atoms with Crippen LogP contribution in [0.2, 0.25) is 0 Å². The molecule has 122 valence electrons. The summed E-state index contributed by atoms with van der Waals surface area (Å²) < 4.78 is 12.9. The minimum Gasteiger partial charge on any atom is -0.386 e. The first-order valence-electron chi connectivity index (χ1n) is 8.21. The first kappa shape index (κ1) is 16.4. The highest BCUT2D eigenvalue weighted by atomic mass is 28.4. The van der Waals surface area contributed by atoms with E-state index in [1.54, 1.807) is 0 Å². The fraction of sp³-hybridized carbons (Fsp3) is 0.368. The van der Waals surface area contributed by atoms with E-state index in [2.05, 4.69) is 74.3 Å². The Morgan fingerprint density at radius 3 is 1.52 bits per heavy atom. The van der Waals surface area contributed by atoms with Gasteiger partial charge in [0.25, 0.3) is 0 Å². The summed E-state index contributed by atoms with van der Waals surface area (Å²) >= 11 is 0. The molecule has 0 unspecified atom stereocenters. The second-order valence-electron chi connectivity index (χ2n) is 6.35. The summed E-state index contributed by atoms with van der Waals surface area (Å²) in [5, 5.41) is 2.38. The Kier molecular flexibility index (Phi) is 4.97. The van der Waals surface area contributed by atoms with Gasteiger partial charge in [0.1, 0.15) is 0 Å². The predicted molar refractivity (Wildman–Crippen MR) is 96.8 cm³/mol. The molecule has 1 saturated heterocycles. The van der Waals surface area contributed by atoms with E-state index in [-0.39, 0.29) is 0 Å². The molecule has 2 aromatic rings. The van der Waals surface area contributed by atoms with Crippen LogP contribution in [0.4, 0.5) is 0 Å². The van der Waals surface area contributed by atoms with Crippen LogP contribution in [-0.2, 0) is 8.85 Å². The van der Waals surface area contributed by atoms with Gasteiger partial charge in [0.15, 0.2) is 0 Å². The summed E-state index contributed by atoms with van der Waals surface area (Å²) in [5.41, 5.74) is 2.51. The van der Waals surface area contributed by atoms with E-state index in [4.69, 9.17) is 8.85 Å². The quantitative estimate of drug-likeness (QED) is 0.786. The summed E-state index contributed by atoms with van der Waals surface area (Å²) in [6, 6.07) is 17.3. The van der Waals surface area contributed by atoms with Gasteiger partial charge in [0.05, 0.1) is 0 Å². The molecule has 0 atom stereocenters. The lowest BCUT2D eigenvalue weighted by atomic mass is 10.2. The van der Waals surface area contributed by atoms with Crippen molar-refractivity contribution in [2.45, 2.75) is 13.8 Å². The molecule has 0 bridgehead atoms. The smallest absolute Gasteiger partial charge is 0.386 e. The van der Waals surface area contributed by atoms with E-state index in [0.29, 0.717) is 13.2 Å². The molecule has 2 aromatic carbocycles. The molecular formula is C19H25NO2Si. The van der Waals surface area contributed by atoms with Crippen molar-refractivity contribution in [1.82, 2.24) is 4.90 Å². The highest BCUT2D eigenvalue weighted by molar-refractivity contribution is 6.92. The molecule has 0 amide bonds. The van der Waals surface area contributed by atoms with Crippen molar-refractivity contribution < 1.29 is 8.85 Å². The van der Waals surface area contributed by atoms with E-state index in [1.165, 1.54) is 21.5 Å². The Balaban J connectivity index is 2.04. The molecular weight excluding hydrogens is 302 g/mol. The number of rotatable bonds is 2. The maximum Gasteiger partial charge on any atom is 0.407 e. The fourth-order valence-corrected chi connectivity index (χ4v) is 5.94. The van der Waals surface area contributed by atoms with Crippen LogP contribution in [0.5, 0.6) is 0 Å². The zero-order chi connectivity index (χ0) is 16.3. The third kappa shape index (κ3) is 3.56. The number of aryl methyl sites for hydroxylation is 2. The molecule has 0 saturated carbocycles. The Bertz CT molecular complexity index is 582. The second-order valence-corrected chi connectivity index (χ2v) is 9.31. The Morgan fingerprint density at radius 2 is 1.13 bits per heavy atom. The van der Waals surface area contributed by atoms with Crippen molar-refractivity contribution in [2.24, 2.45) is 0 Å². The van der Waals surface area contributed by atoms with Crippen LogP contribution in [0.1, 0.15) is 11.1 Å². The summed E-state index contributed by atoms with van der Waals surface area (Å²) in [4.78, 5) is 2.25. The van der Waals surface area contributed by atoms with Gasteiger partial charge >= 0.3 is 8.56 Å². The van der Waals surface area contributed by atoms with Crippen molar-refractivity contribution >= 4 is 18.9 Å². The van der Waals surface area contributed by atoms with Gasteiger partial charge in [-0.25, -0.2) is 0 Å². The molecule has 3 rings (SSSR count). The van der Waals surface area contributed by atoms with Crippen molar-refractivity contribution in [1.29, 1.82) is 0 Å². The summed E-state index contributed by atoms with van der Waals surface area (Å²) in [5.74, 6) is 0. The van der Waals surface area contributed by atoms with Gasteiger partial charge in [0, 0.05) is 26.3 Å². The summed E-state index contributed by atoms with van der Waals surface area (Å²) in [6.07, 6.45) is 0. The largest absolute Gasteiger partial charge is 0.407 e. The summed E-state index contributed by atoms with van der Waals surface area (Å²) in [7, 11) is -0.509. The van der Waals surface area contributed by atoms with Crippen LogP contribution >= 0.6 is 0 Å². The lowest BCUT2D eigenvalue weighted by Crippen LogP contribution is -2.65. The summed E-state index contributed by atoms with van der Waals surface area (Å²) in [6.45, 7) is 7.50. The van der Waals surface area contributed by atoms with E-state index in [0.717, 1.165) is 13.1 Å². The molecule has 23 heavy (non-hydrogen) atoms. The van der Waals surface area contributed by atoms with Crippen LogP contribution in [-0.4, -0.2) is 46.8 Å². The first-order chi connectivity index (χ1) is 11.1. The van der Waals surface area contributed by atoms with Crippen LogP contribution in [0.15, 0.2) is 48.5 Å². The zero-order valence-corrected chi connectivity index (χ0v) is 15.2. The molecule has 0 aliphatic carbocycles. The van der Waals surface area contributed by atoms with Crippen molar-refractivity contribution in [3.63, 3.8) is 0 Å². The Morgan fingerprint density at radius 1 is 0.739 bits per heavy atom. The van der Waals surface area contributed by atoms with E-state index < -0.39 is 8.56 Å². The normalized spacial score (nSPS) is 19.1. The van der Waals surface area contributed by atoms with Crippen LogP contribution in [0.3, 0.4) is 0 Å². The molecule has 1 heterocycles. The zero-order valence-electron chi connectivity index (χ0n) is 14.2. The van der Waals surface area contributed by atoms with E-state index >= 15 is 0 Å². The minimum atomic E-state index is -2.62. The standard InChI is InChI=1S/C19H25NO2Si/c1-16-4-8-18(9-5-16)23(19-10-6-17(2)7-11-19)21-14-12-20(3)13-15-22-23/h4-11H,12-15H2,1-3H3. The van der Waals surface area contributed by atoms with Gasteiger partial charge in [-0.1, -0.05) is 59.7 Å². The van der Waals surface area contributed by atoms with Crippen LogP contribution in [0, 0.1) is 13.8 Å². The average Bonchev–Trinajstić information content (AvgIpc) is 2.53. The number of benzene rings is 2. The Labute approximate surface area is 140 Å². The van der Waals surface area contributed by atoms with Crippen LogP contribution in [0.25, 0.3) is 0 Å². The number of likely N-dealkylation sites (N-methyl/N-ethyl adjacent to an activating group) is 1. The van der Waals surface area contributed by atoms with Gasteiger partial charge in [-0.3, -0.25) is 0 Å². The second kappa shape index (κ2) is 6.97. The maximum atomic E-state index is 6.47. The first-order valence-corrected chi connectivity index (χ1v) is 10.0. The highest BCUT2D eigenvalue weighted by Crippen LogP contribution is 2.13. The number of hydrogen-bond acceptors (Lipinski definition) is 3. The Hall–Kier alpha value is -1.46. The van der Waals surface area contributed by atoms with Crippen molar-refractivity contribution in [3.8, 4) is 0 Å². The SMILES string of the molecule is Cc1ccc([Si]2(c3ccc(C)cc3)OCCN(C)CCO2)cc1. The van der Waals surface area contributed by atoms with E-state index in [9.17, 15) is 0 Å². The molecule has 0 spiro atoms. The van der Waals surface area contributed by atoms with E-state index in [1.807, 2.05) is 0 Å². The van der Waals surface area contributed by atoms with Crippen molar-refractivity contribution in [3.05, 3.63) is 59.7 Å². The van der Waals surface area contributed by atoms with Crippen molar-refractivity contribution in [2.75, 3.05) is 33.4 Å². The van der Waals surface area contributed by atoms with Crippen LogP contribution < -0.4 is 10.4 Å². The number of nitrogens with zero attached hydrogens (tertiary/aromatic N) is 1. The monoisotopic (exact) mass is 327 g/mol. The molecule has 0 radical (unpaired) electrons. The molecule has 0 N–H and O–H groups in total. The average molecular weight is 328 g/mol. The fourth-order valence-electron chi connectivity index (χ4n) is 2.89. The molecule has 1 aliphatic heterocycles. The van der Waals surface area contributed by atoms with Gasteiger partial charge in [-0.05, 0) is 31.3 Å². The van der Waals surface area contributed by atoms with Gasteiger partial charge in [-0.2, -0.15) is 0 Å². The lowest BCUT2D eigenvalue weighted by molar-refractivity contribution is 0.121. The van der Waals surface area contributed by atoms with Gasteiger partial charge in [0.2, 0.25) is 0 Å². The third-order valence-corrected chi connectivity index (χ3v) is 7.83.